The minimum Gasteiger partial charge on any atom is -0.313 e. The molecule has 0 atom stereocenters. The molecule has 0 saturated heterocycles. The molecule has 3 aromatic carbocycles. The Kier molecular flexibility index (Phi) is 7.56. The number of nitrogens with zero attached hydrogens (tertiary/aromatic N) is 2. The Morgan fingerprint density at radius 3 is 1.38 bits per heavy atom. The van der Waals surface area contributed by atoms with Crippen molar-refractivity contribution >= 4 is 13.5 Å². The van der Waals surface area contributed by atoms with E-state index in [0.717, 1.165) is 11.3 Å². The van der Waals surface area contributed by atoms with E-state index in [-0.39, 0.29) is 7.92 Å². The first kappa shape index (κ1) is 24.6. The van der Waals surface area contributed by atoms with Crippen LogP contribution < -0.4 is 5.57 Å². The Labute approximate surface area is 223 Å². The van der Waals surface area contributed by atoms with E-state index in [1.54, 1.807) is 0 Å². The molecule has 190 valence electrons. The minimum absolute atomic E-state index is 0.359. The van der Waals surface area contributed by atoms with Gasteiger partial charge in [-0.05, 0) is 61.6 Å². The van der Waals surface area contributed by atoms with Crippen LogP contribution in [0.25, 0.3) is 0 Å². The highest BCUT2D eigenvalue weighted by Crippen LogP contribution is 2.55. The zero-order valence-electron chi connectivity index (χ0n) is 21.9. The van der Waals surface area contributed by atoms with Gasteiger partial charge in [0.2, 0.25) is 0 Å². The van der Waals surface area contributed by atoms with E-state index < -0.39 is 5.54 Å². The van der Waals surface area contributed by atoms with E-state index >= 15 is 0 Å². The normalized spacial score (nSPS) is 17.8. The lowest BCUT2D eigenvalue weighted by Gasteiger charge is -2.43. The van der Waals surface area contributed by atoms with Crippen molar-refractivity contribution in [3.05, 3.63) is 120 Å². The van der Waals surface area contributed by atoms with E-state index in [4.69, 9.17) is 4.98 Å². The highest BCUT2D eigenvalue weighted by Gasteiger charge is 2.43. The summed E-state index contributed by atoms with van der Waals surface area (Å²) in [4.78, 5) is 5.30. The average Bonchev–Trinajstić information content (AvgIpc) is 3.46. The molecule has 3 heteroatoms. The van der Waals surface area contributed by atoms with Crippen molar-refractivity contribution < 1.29 is 0 Å². The summed E-state index contributed by atoms with van der Waals surface area (Å²) in [6.07, 6.45) is 18.3. The van der Waals surface area contributed by atoms with Gasteiger partial charge in [-0.15, -0.1) is 0 Å². The second-order valence-corrected chi connectivity index (χ2v) is 13.6. The molecule has 0 unspecified atom stereocenters. The largest absolute Gasteiger partial charge is 0.313 e. The molecular formula is C34H39N2P. The van der Waals surface area contributed by atoms with Gasteiger partial charge in [-0.1, -0.05) is 130 Å². The summed E-state index contributed by atoms with van der Waals surface area (Å²) in [5, 5.41) is 0. The molecule has 1 aromatic heterocycles. The third kappa shape index (κ3) is 4.70. The van der Waals surface area contributed by atoms with Crippen LogP contribution in [0.3, 0.4) is 0 Å². The van der Waals surface area contributed by atoms with Crippen LogP contribution in [-0.2, 0) is 5.54 Å². The number of aromatic nitrogens is 2. The predicted octanol–water partition coefficient (Wildman–Crippen LogP) is 8.50. The van der Waals surface area contributed by atoms with E-state index in [1.165, 1.54) is 86.5 Å². The summed E-state index contributed by atoms with van der Waals surface area (Å²) in [5.41, 5.74) is 6.41. The van der Waals surface area contributed by atoms with Gasteiger partial charge in [-0.25, -0.2) is 4.98 Å². The molecule has 4 aromatic rings. The van der Waals surface area contributed by atoms with Gasteiger partial charge >= 0.3 is 0 Å². The summed E-state index contributed by atoms with van der Waals surface area (Å²) in [5.74, 6) is 0. The van der Waals surface area contributed by atoms with Crippen molar-refractivity contribution in [1.29, 1.82) is 0 Å². The Balaban J connectivity index is 1.61. The number of imidazole rings is 1. The van der Waals surface area contributed by atoms with Gasteiger partial charge < -0.3 is 4.57 Å². The lowest BCUT2D eigenvalue weighted by molar-refractivity contribution is 0.483. The van der Waals surface area contributed by atoms with Gasteiger partial charge in [0.05, 0.1) is 0 Å². The standard InChI is InChI=1S/C34H39N2P/c1-6-16-28(17-7-1)34(29-18-8-2-9-19-29,30-20-10-3-11-21-30)36-27-26-35-33(36)37(31-22-12-4-13-23-31)32-24-14-5-15-25-32/h1-3,6-11,16-21,26-27,31-32H,4-5,12-15,22-25H2. The SMILES string of the molecule is c1ccc(C(c2ccccc2)(c2ccccc2)n2ccnc2P(C2CCCCC2)C2CCCCC2)cc1. The Morgan fingerprint density at radius 2 is 0.973 bits per heavy atom. The van der Waals surface area contributed by atoms with Crippen molar-refractivity contribution in [3.8, 4) is 0 Å². The molecule has 37 heavy (non-hydrogen) atoms. The second kappa shape index (κ2) is 11.4. The molecule has 0 radical (unpaired) electrons. The van der Waals surface area contributed by atoms with Gasteiger partial charge in [0.25, 0.3) is 0 Å². The zero-order valence-corrected chi connectivity index (χ0v) is 22.8. The highest BCUT2D eigenvalue weighted by atomic mass is 31.1. The van der Waals surface area contributed by atoms with Crippen LogP contribution in [0.15, 0.2) is 103 Å². The smallest absolute Gasteiger partial charge is 0.133 e. The maximum Gasteiger partial charge on any atom is 0.133 e. The molecular weight excluding hydrogens is 467 g/mol. The van der Waals surface area contributed by atoms with E-state index in [0.29, 0.717) is 0 Å². The Bertz CT molecular complexity index is 1120. The highest BCUT2D eigenvalue weighted by molar-refractivity contribution is 7.66. The summed E-state index contributed by atoms with van der Waals surface area (Å²) >= 11 is 0. The first-order chi connectivity index (χ1) is 18.4. The van der Waals surface area contributed by atoms with Crippen LogP contribution in [-0.4, -0.2) is 20.9 Å². The molecule has 2 aliphatic carbocycles. The van der Waals surface area contributed by atoms with Gasteiger partial charge in [-0.2, -0.15) is 0 Å². The molecule has 0 bridgehead atoms. The van der Waals surface area contributed by atoms with Gasteiger partial charge in [0.15, 0.2) is 0 Å². The summed E-state index contributed by atoms with van der Waals surface area (Å²) in [6.45, 7) is 0. The lowest BCUT2D eigenvalue weighted by Crippen LogP contribution is -2.44. The quantitative estimate of drug-likeness (QED) is 0.181. The van der Waals surface area contributed by atoms with Crippen LogP contribution in [0.4, 0.5) is 0 Å². The fourth-order valence-corrected chi connectivity index (χ4v) is 10.8. The van der Waals surface area contributed by atoms with Gasteiger partial charge in [0.1, 0.15) is 11.1 Å². The minimum atomic E-state index is -0.459. The second-order valence-electron chi connectivity index (χ2n) is 10.9. The lowest BCUT2D eigenvalue weighted by atomic mass is 9.77. The van der Waals surface area contributed by atoms with Crippen LogP contribution in [0.2, 0.25) is 0 Å². The summed E-state index contributed by atoms with van der Waals surface area (Å²) < 4.78 is 2.61. The number of rotatable bonds is 7. The fraction of sp³-hybridized carbons (Fsp3) is 0.382. The third-order valence-electron chi connectivity index (χ3n) is 8.72. The number of benzene rings is 3. The van der Waals surface area contributed by atoms with Crippen LogP contribution in [0.5, 0.6) is 0 Å². The topological polar surface area (TPSA) is 17.8 Å². The van der Waals surface area contributed by atoms with E-state index in [2.05, 4.69) is 108 Å². The first-order valence-electron chi connectivity index (χ1n) is 14.4. The molecule has 0 aliphatic heterocycles. The molecule has 2 nitrogen and oxygen atoms in total. The maximum absolute atomic E-state index is 5.30. The van der Waals surface area contributed by atoms with Crippen molar-refractivity contribution in [3.63, 3.8) is 0 Å². The molecule has 0 N–H and O–H groups in total. The van der Waals surface area contributed by atoms with Crippen LogP contribution in [0, 0.1) is 0 Å². The van der Waals surface area contributed by atoms with Gasteiger partial charge in [0, 0.05) is 12.4 Å². The molecule has 0 amide bonds. The van der Waals surface area contributed by atoms with Crippen LogP contribution in [0.1, 0.15) is 80.9 Å². The van der Waals surface area contributed by atoms with Crippen LogP contribution >= 0.6 is 7.92 Å². The summed E-state index contributed by atoms with van der Waals surface area (Å²) in [7, 11) is -0.359. The fourth-order valence-electron chi connectivity index (χ4n) is 7.05. The Hall–Kier alpha value is -2.70. The molecule has 0 spiro atoms. The molecule has 6 rings (SSSR count). The predicted molar refractivity (Wildman–Crippen MR) is 157 cm³/mol. The summed E-state index contributed by atoms with van der Waals surface area (Å²) in [6, 6.07) is 33.4. The number of hydrogen-bond donors (Lipinski definition) is 0. The third-order valence-corrected chi connectivity index (χ3v) is 12.1. The molecule has 1 heterocycles. The monoisotopic (exact) mass is 506 g/mol. The van der Waals surface area contributed by atoms with Gasteiger partial charge in [-0.3, -0.25) is 0 Å². The Morgan fingerprint density at radius 1 is 0.568 bits per heavy atom. The number of hydrogen-bond acceptors (Lipinski definition) is 1. The van der Waals surface area contributed by atoms with Crippen molar-refractivity contribution in [1.82, 2.24) is 9.55 Å². The van der Waals surface area contributed by atoms with Crippen molar-refractivity contribution in [2.75, 3.05) is 0 Å². The molecule has 2 aliphatic rings. The molecule has 2 saturated carbocycles. The first-order valence-corrected chi connectivity index (χ1v) is 15.9. The molecule has 2 fully saturated rings. The van der Waals surface area contributed by atoms with Crippen molar-refractivity contribution in [2.45, 2.75) is 81.1 Å². The average molecular weight is 507 g/mol. The van der Waals surface area contributed by atoms with E-state index in [9.17, 15) is 0 Å². The zero-order chi connectivity index (χ0) is 24.9. The van der Waals surface area contributed by atoms with Crippen molar-refractivity contribution in [2.24, 2.45) is 0 Å². The van der Waals surface area contributed by atoms with E-state index in [1.807, 2.05) is 0 Å². The maximum atomic E-state index is 5.30.